The zero-order valence-electron chi connectivity index (χ0n) is 8.34. The summed E-state index contributed by atoms with van der Waals surface area (Å²) in [5.74, 6) is 0. The van der Waals surface area contributed by atoms with Crippen molar-refractivity contribution in [2.75, 3.05) is 33.4 Å². The summed E-state index contributed by atoms with van der Waals surface area (Å²) in [6, 6.07) is 1.28. The highest BCUT2D eigenvalue weighted by Gasteiger charge is 2.23. The first-order chi connectivity index (χ1) is 5.75. The first kappa shape index (κ1) is 9.96. The number of piperazine rings is 1. The smallest absolute Gasteiger partial charge is 0.0589 e. The molecule has 0 saturated carbocycles. The van der Waals surface area contributed by atoms with Crippen molar-refractivity contribution < 1.29 is 4.74 Å². The Hall–Kier alpha value is -0.120. The number of nitrogens with one attached hydrogen (secondary N) is 1. The average molecular weight is 172 g/mol. The summed E-state index contributed by atoms with van der Waals surface area (Å²) < 4.78 is 5.08. The molecule has 3 nitrogen and oxygen atoms in total. The molecule has 0 amide bonds. The lowest BCUT2D eigenvalue weighted by molar-refractivity contribution is 0.0758. The Bertz CT molecular complexity index is 120. The van der Waals surface area contributed by atoms with Crippen LogP contribution in [-0.4, -0.2) is 50.3 Å². The van der Waals surface area contributed by atoms with Gasteiger partial charge >= 0.3 is 0 Å². The van der Waals surface area contributed by atoms with Gasteiger partial charge in [-0.05, 0) is 13.8 Å². The van der Waals surface area contributed by atoms with Crippen molar-refractivity contribution >= 4 is 0 Å². The first-order valence-corrected chi connectivity index (χ1v) is 4.71. The molecule has 2 atom stereocenters. The van der Waals surface area contributed by atoms with Gasteiger partial charge in [-0.1, -0.05) is 0 Å². The van der Waals surface area contributed by atoms with E-state index in [0.717, 1.165) is 26.2 Å². The molecule has 0 aromatic carbocycles. The van der Waals surface area contributed by atoms with Crippen molar-refractivity contribution in [3.05, 3.63) is 0 Å². The highest BCUT2D eigenvalue weighted by molar-refractivity contribution is 4.81. The lowest BCUT2D eigenvalue weighted by Crippen LogP contribution is -2.55. The summed E-state index contributed by atoms with van der Waals surface area (Å²) in [5, 5.41) is 3.41. The van der Waals surface area contributed by atoms with Crippen LogP contribution < -0.4 is 5.32 Å². The van der Waals surface area contributed by atoms with Crippen LogP contribution in [0.3, 0.4) is 0 Å². The molecule has 1 aliphatic rings. The van der Waals surface area contributed by atoms with E-state index in [1.165, 1.54) is 0 Å². The minimum absolute atomic E-state index is 0.642. The fourth-order valence-corrected chi connectivity index (χ4v) is 1.81. The summed E-state index contributed by atoms with van der Waals surface area (Å²) in [6.45, 7) is 8.63. The molecule has 1 saturated heterocycles. The molecule has 3 heteroatoms. The van der Waals surface area contributed by atoms with Crippen LogP contribution in [0.15, 0.2) is 0 Å². The zero-order chi connectivity index (χ0) is 8.97. The normalized spacial score (nSPS) is 32.2. The van der Waals surface area contributed by atoms with E-state index in [0.29, 0.717) is 12.1 Å². The molecule has 0 aliphatic carbocycles. The lowest BCUT2D eigenvalue weighted by Gasteiger charge is -2.39. The number of rotatable bonds is 3. The highest BCUT2D eigenvalue weighted by Crippen LogP contribution is 2.08. The van der Waals surface area contributed by atoms with Gasteiger partial charge in [0.2, 0.25) is 0 Å². The van der Waals surface area contributed by atoms with Gasteiger partial charge in [0, 0.05) is 38.8 Å². The third kappa shape index (κ3) is 2.44. The maximum atomic E-state index is 5.08. The van der Waals surface area contributed by atoms with Crippen LogP contribution in [-0.2, 0) is 4.74 Å². The van der Waals surface area contributed by atoms with Gasteiger partial charge < -0.3 is 10.1 Å². The monoisotopic (exact) mass is 172 g/mol. The second kappa shape index (κ2) is 4.80. The second-order valence-electron chi connectivity index (χ2n) is 3.59. The van der Waals surface area contributed by atoms with Crippen LogP contribution in [0.1, 0.15) is 13.8 Å². The summed E-state index contributed by atoms with van der Waals surface area (Å²) >= 11 is 0. The topological polar surface area (TPSA) is 24.5 Å². The third-order valence-corrected chi connectivity index (χ3v) is 2.57. The van der Waals surface area contributed by atoms with Crippen molar-refractivity contribution in [1.29, 1.82) is 0 Å². The fraction of sp³-hybridized carbons (Fsp3) is 1.00. The molecular formula is C9H20N2O. The standard InChI is InChI=1S/C9H20N2O/c1-8-6-10-7-9(2)11(8)4-5-12-3/h8-10H,4-7H2,1-3H3/t8-,9?/m0/s1. The van der Waals surface area contributed by atoms with Gasteiger partial charge in [-0.15, -0.1) is 0 Å². The van der Waals surface area contributed by atoms with Gasteiger partial charge in [0.1, 0.15) is 0 Å². The Balaban J connectivity index is 2.34. The van der Waals surface area contributed by atoms with Crippen LogP contribution in [0.5, 0.6) is 0 Å². The Kier molecular flexibility index (Phi) is 3.98. The van der Waals surface area contributed by atoms with Crippen LogP contribution >= 0.6 is 0 Å². The van der Waals surface area contributed by atoms with Crippen molar-refractivity contribution in [1.82, 2.24) is 10.2 Å². The molecule has 1 rings (SSSR count). The van der Waals surface area contributed by atoms with E-state index in [4.69, 9.17) is 4.74 Å². The SMILES string of the molecule is COCCN1C(C)CNC[C@@H]1C. The summed E-state index contributed by atoms with van der Waals surface area (Å²) in [6.07, 6.45) is 0. The van der Waals surface area contributed by atoms with Crippen molar-refractivity contribution in [2.24, 2.45) is 0 Å². The first-order valence-electron chi connectivity index (χ1n) is 4.71. The quantitative estimate of drug-likeness (QED) is 0.663. The summed E-state index contributed by atoms with van der Waals surface area (Å²) in [7, 11) is 1.76. The van der Waals surface area contributed by atoms with Crippen LogP contribution in [0.4, 0.5) is 0 Å². The Morgan fingerprint density at radius 3 is 2.42 bits per heavy atom. The molecule has 0 radical (unpaired) electrons. The number of ether oxygens (including phenoxy) is 1. The van der Waals surface area contributed by atoms with Crippen LogP contribution in [0, 0.1) is 0 Å². The minimum atomic E-state index is 0.642. The zero-order valence-corrected chi connectivity index (χ0v) is 8.34. The predicted octanol–water partition coefficient (Wildman–Crippen LogP) is 0.315. The predicted molar refractivity (Wildman–Crippen MR) is 50.4 cm³/mol. The largest absolute Gasteiger partial charge is 0.383 e. The Morgan fingerprint density at radius 1 is 1.33 bits per heavy atom. The van der Waals surface area contributed by atoms with E-state index in [9.17, 15) is 0 Å². The van der Waals surface area contributed by atoms with Gasteiger partial charge in [0.05, 0.1) is 6.61 Å². The van der Waals surface area contributed by atoms with Crippen molar-refractivity contribution in [3.8, 4) is 0 Å². The maximum absolute atomic E-state index is 5.08. The number of nitrogens with zero attached hydrogens (tertiary/aromatic N) is 1. The molecule has 0 aromatic heterocycles. The summed E-state index contributed by atoms with van der Waals surface area (Å²) in [5.41, 5.74) is 0. The summed E-state index contributed by atoms with van der Waals surface area (Å²) in [4.78, 5) is 2.50. The molecule has 1 unspecified atom stereocenters. The van der Waals surface area contributed by atoms with Crippen LogP contribution in [0.2, 0.25) is 0 Å². The molecule has 1 aliphatic heterocycles. The third-order valence-electron chi connectivity index (χ3n) is 2.57. The van der Waals surface area contributed by atoms with E-state index in [2.05, 4.69) is 24.1 Å². The fourth-order valence-electron chi connectivity index (χ4n) is 1.81. The van der Waals surface area contributed by atoms with E-state index in [1.807, 2.05) is 0 Å². The Morgan fingerprint density at radius 2 is 1.92 bits per heavy atom. The molecule has 0 bridgehead atoms. The van der Waals surface area contributed by atoms with Crippen molar-refractivity contribution in [2.45, 2.75) is 25.9 Å². The number of hydrogen-bond acceptors (Lipinski definition) is 3. The van der Waals surface area contributed by atoms with Gasteiger partial charge in [-0.2, -0.15) is 0 Å². The van der Waals surface area contributed by atoms with Gasteiger partial charge in [-0.3, -0.25) is 4.90 Å². The number of hydrogen-bond donors (Lipinski definition) is 1. The van der Waals surface area contributed by atoms with E-state index in [1.54, 1.807) is 7.11 Å². The molecule has 72 valence electrons. The molecule has 0 aromatic rings. The molecule has 1 fully saturated rings. The molecule has 1 heterocycles. The second-order valence-corrected chi connectivity index (χ2v) is 3.59. The lowest BCUT2D eigenvalue weighted by atomic mass is 10.1. The molecule has 12 heavy (non-hydrogen) atoms. The minimum Gasteiger partial charge on any atom is -0.383 e. The van der Waals surface area contributed by atoms with E-state index < -0.39 is 0 Å². The molecule has 1 N–H and O–H groups in total. The Labute approximate surface area is 75.1 Å². The molecule has 0 spiro atoms. The van der Waals surface area contributed by atoms with Gasteiger partial charge in [0.15, 0.2) is 0 Å². The van der Waals surface area contributed by atoms with E-state index in [-0.39, 0.29) is 0 Å². The van der Waals surface area contributed by atoms with E-state index >= 15 is 0 Å². The van der Waals surface area contributed by atoms with Gasteiger partial charge in [-0.25, -0.2) is 0 Å². The van der Waals surface area contributed by atoms with Crippen molar-refractivity contribution in [3.63, 3.8) is 0 Å². The number of methoxy groups -OCH3 is 1. The maximum Gasteiger partial charge on any atom is 0.0589 e. The van der Waals surface area contributed by atoms with Gasteiger partial charge in [0.25, 0.3) is 0 Å². The molecular weight excluding hydrogens is 152 g/mol. The van der Waals surface area contributed by atoms with Crippen LogP contribution in [0.25, 0.3) is 0 Å². The average Bonchev–Trinajstić information content (AvgIpc) is 2.04. The highest BCUT2D eigenvalue weighted by atomic mass is 16.5.